The van der Waals surface area contributed by atoms with Gasteiger partial charge in [0.05, 0.1) is 14.2 Å². The standard InChI is InChI=1S/C20H23N3O4/c1-26-16-9-6-10-17(27-2)19(16)22-20(25)21-12-14-11-18(24)23(13-14)15-7-4-3-5-8-15/h3-10,14H,11-13H2,1-2H3,(H2,21,22,25). The quantitative estimate of drug-likeness (QED) is 0.821. The molecule has 1 aliphatic rings. The van der Waals surface area contributed by atoms with Crippen molar-refractivity contribution in [1.82, 2.24) is 5.32 Å². The average molecular weight is 369 g/mol. The lowest BCUT2D eigenvalue weighted by Crippen LogP contribution is -2.34. The van der Waals surface area contributed by atoms with Crippen molar-refractivity contribution in [1.29, 1.82) is 0 Å². The van der Waals surface area contributed by atoms with Gasteiger partial charge in [0, 0.05) is 31.1 Å². The lowest BCUT2D eigenvalue weighted by Gasteiger charge is -2.17. The minimum atomic E-state index is -0.372. The number of carbonyl (C=O) groups excluding carboxylic acids is 2. The van der Waals surface area contributed by atoms with E-state index >= 15 is 0 Å². The summed E-state index contributed by atoms with van der Waals surface area (Å²) >= 11 is 0. The molecule has 27 heavy (non-hydrogen) atoms. The van der Waals surface area contributed by atoms with Gasteiger partial charge in [-0.15, -0.1) is 0 Å². The third-order valence-electron chi connectivity index (χ3n) is 4.49. The highest BCUT2D eigenvalue weighted by atomic mass is 16.5. The number of methoxy groups -OCH3 is 2. The Morgan fingerprint density at radius 2 is 1.74 bits per heavy atom. The highest BCUT2D eigenvalue weighted by Crippen LogP contribution is 2.34. The maximum absolute atomic E-state index is 12.3. The third kappa shape index (κ3) is 4.31. The first-order valence-electron chi connectivity index (χ1n) is 8.73. The van der Waals surface area contributed by atoms with E-state index in [1.54, 1.807) is 23.1 Å². The summed E-state index contributed by atoms with van der Waals surface area (Å²) in [5.74, 6) is 1.15. The highest BCUT2D eigenvalue weighted by Gasteiger charge is 2.30. The van der Waals surface area contributed by atoms with Crippen LogP contribution in [0, 0.1) is 5.92 Å². The van der Waals surface area contributed by atoms with Gasteiger partial charge in [0.2, 0.25) is 5.91 Å². The molecular weight excluding hydrogens is 346 g/mol. The van der Waals surface area contributed by atoms with Crippen LogP contribution in [0.2, 0.25) is 0 Å². The van der Waals surface area contributed by atoms with Crippen LogP contribution in [0.15, 0.2) is 48.5 Å². The number of ether oxygens (including phenoxy) is 2. The third-order valence-corrected chi connectivity index (χ3v) is 4.49. The Morgan fingerprint density at radius 1 is 1.07 bits per heavy atom. The lowest BCUT2D eigenvalue weighted by molar-refractivity contribution is -0.117. The summed E-state index contributed by atoms with van der Waals surface area (Å²) in [5, 5.41) is 5.59. The van der Waals surface area contributed by atoms with E-state index in [1.165, 1.54) is 14.2 Å². The lowest BCUT2D eigenvalue weighted by atomic mass is 10.1. The van der Waals surface area contributed by atoms with Crippen molar-refractivity contribution in [2.45, 2.75) is 6.42 Å². The minimum absolute atomic E-state index is 0.0584. The second kappa shape index (κ2) is 8.44. The van der Waals surface area contributed by atoms with Gasteiger partial charge < -0.3 is 25.0 Å². The van der Waals surface area contributed by atoms with E-state index in [1.807, 2.05) is 30.3 Å². The summed E-state index contributed by atoms with van der Waals surface area (Å²) in [4.78, 5) is 26.3. The zero-order valence-electron chi connectivity index (χ0n) is 15.4. The molecule has 7 nitrogen and oxygen atoms in total. The summed E-state index contributed by atoms with van der Waals surface area (Å²) in [5.41, 5.74) is 1.35. The molecule has 1 unspecified atom stereocenters. The maximum atomic E-state index is 12.3. The first kappa shape index (κ1) is 18.6. The van der Waals surface area contributed by atoms with Crippen LogP contribution < -0.4 is 25.0 Å². The number of carbonyl (C=O) groups is 2. The number of rotatable bonds is 6. The molecule has 7 heteroatoms. The van der Waals surface area contributed by atoms with Gasteiger partial charge in [-0.25, -0.2) is 4.79 Å². The van der Waals surface area contributed by atoms with Crippen molar-refractivity contribution in [3.8, 4) is 11.5 Å². The van der Waals surface area contributed by atoms with Crippen LogP contribution in [-0.2, 0) is 4.79 Å². The number of anilines is 2. The molecule has 1 saturated heterocycles. The van der Waals surface area contributed by atoms with E-state index in [-0.39, 0.29) is 17.9 Å². The van der Waals surface area contributed by atoms with Gasteiger partial charge in [-0.1, -0.05) is 24.3 Å². The molecule has 0 radical (unpaired) electrons. The zero-order valence-corrected chi connectivity index (χ0v) is 15.4. The van der Waals surface area contributed by atoms with Gasteiger partial charge in [0.1, 0.15) is 17.2 Å². The summed E-state index contributed by atoms with van der Waals surface area (Å²) in [6, 6.07) is 14.4. The van der Waals surface area contributed by atoms with Crippen LogP contribution in [0.3, 0.4) is 0 Å². The number of benzene rings is 2. The Kier molecular flexibility index (Phi) is 5.80. The van der Waals surface area contributed by atoms with Crippen molar-refractivity contribution >= 4 is 23.3 Å². The topological polar surface area (TPSA) is 79.9 Å². The second-order valence-electron chi connectivity index (χ2n) is 6.28. The molecular formula is C20H23N3O4. The van der Waals surface area contributed by atoms with Gasteiger partial charge >= 0.3 is 6.03 Å². The van der Waals surface area contributed by atoms with Gasteiger partial charge in [-0.05, 0) is 24.3 Å². The number of hydrogen-bond acceptors (Lipinski definition) is 4. The number of para-hydroxylation sites is 2. The van der Waals surface area contributed by atoms with E-state index in [0.717, 1.165) is 5.69 Å². The number of nitrogens with one attached hydrogen (secondary N) is 2. The first-order chi connectivity index (χ1) is 13.1. The molecule has 0 aromatic heterocycles. The summed E-state index contributed by atoms with van der Waals surface area (Å²) < 4.78 is 10.5. The highest BCUT2D eigenvalue weighted by molar-refractivity contribution is 5.96. The van der Waals surface area contributed by atoms with Crippen molar-refractivity contribution < 1.29 is 19.1 Å². The fourth-order valence-electron chi connectivity index (χ4n) is 3.14. The van der Waals surface area contributed by atoms with Crippen LogP contribution in [0.5, 0.6) is 11.5 Å². The molecule has 2 aromatic carbocycles. The van der Waals surface area contributed by atoms with Crippen molar-refractivity contribution in [3.05, 3.63) is 48.5 Å². The van der Waals surface area contributed by atoms with Gasteiger partial charge in [0.15, 0.2) is 0 Å². The molecule has 2 aromatic rings. The minimum Gasteiger partial charge on any atom is -0.494 e. The van der Waals surface area contributed by atoms with Crippen LogP contribution in [0.1, 0.15) is 6.42 Å². The summed E-state index contributed by atoms with van der Waals surface area (Å²) in [6.45, 7) is 0.986. The fourth-order valence-corrected chi connectivity index (χ4v) is 3.14. The second-order valence-corrected chi connectivity index (χ2v) is 6.28. The fraction of sp³-hybridized carbons (Fsp3) is 0.300. The molecule has 3 rings (SSSR count). The first-order valence-corrected chi connectivity index (χ1v) is 8.73. The average Bonchev–Trinajstić information content (AvgIpc) is 3.08. The molecule has 2 N–H and O–H groups in total. The molecule has 0 bridgehead atoms. The van der Waals surface area contributed by atoms with Crippen LogP contribution in [0.4, 0.5) is 16.2 Å². The predicted octanol–water partition coefficient (Wildman–Crippen LogP) is 2.88. The summed E-state index contributed by atoms with van der Waals surface area (Å²) in [6.07, 6.45) is 0.410. The summed E-state index contributed by atoms with van der Waals surface area (Å²) in [7, 11) is 3.06. The Hall–Kier alpha value is -3.22. The molecule has 3 amide bonds. The van der Waals surface area contributed by atoms with Crippen LogP contribution >= 0.6 is 0 Å². The Morgan fingerprint density at radius 3 is 2.37 bits per heavy atom. The Labute approximate surface area is 158 Å². The Bertz CT molecular complexity index is 788. The molecule has 1 fully saturated rings. The van der Waals surface area contributed by atoms with E-state index in [2.05, 4.69) is 10.6 Å². The zero-order chi connectivity index (χ0) is 19.2. The van der Waals surface area contributed by atoms with Gasteiger partial charge in [-0.2, -0.15) is 0 Å². The Balaban J connectivity index is 1.57. The van der Waals surface area contributed by atoms with Crippen molar-refractivity contribution in [2.24, 2.45) is 5.92 Å². The van der Waals surface area contributed by atoms with Crippen molar-refractivity contribution in [3.63, 3.8) is 0 Å². The molecule has 1 atom stereocenters. The van der Waals surface area contributed by atoms with E-state index in [4.69, 9.17) is 9.47 Å². The van der Waals surface area contributed by atoms with E-state index < -0.39 is 0 Å². The van der Waals surface area contributed by atoms with Gasteiger partial charge in [0.25, 0.3) is 0 Å². The molecule has 1 aliphatic heterocycles. The molecule has 0 aliphatic carbocycles. The van der Waals surface area contributed by atoms with Crippen LogP contribution in [0.25, 0.3) is 0 Å². The van der Waals surface area contributed by atoms with Gasteiger partial charge in [-0.3, -0.25) is 4.79 Å². The largest absolute Gasteiger partial charge is 0.494 e. The molecule has 142 valence electrons. The number of amides is 3. The number of nitrogens with zero attached hydrogens (tertiary/aromatic N) is 1. The monoisotopic (exact) mass is 369 g/mol. The molecule has 0 spiro atoms. The number of urea groups is 1. The molecule has 0 saturated carbocycles. The van der Waals surface area contributed by atoms with Crippen LogP contribution in [-0.4, -0.2) is 39.2 Å². The smallest absolute Gasteiger partial charge is 0.319 e. The number of hydrogen-bond donors (Lipinski definition) is 2. The van der Waals surface area contributed by atoms with E-state index in [0.29, 0.717) is 36.7 Å². The predicted molar refractivity (Wildman–Crippen MR) is 103 cm³/mol. The molecule has 1 heterocycles. The van der Waals surface area contributed by atoms with E-state index in [9.17, 15) is 9.59 Å². The SMILES string of the molecule is COc1cccc(OC)c1NC(=O)NCC1CC(=O)N(c2ccccc2)C1. The van der Waals surface area contributed by atoms with Crippen molar-refractivity contribution in [2.75, 3.05) is 37.5 Å². The maximum Gasteiger partial charge on any atom is 0.319 e. The normalized spacial score (nSPS) is 16.1.